The zero-order valence-corrected chi connectivity index (χ0v) is 9.87. The Hall–Kier alpha value is -1.66. The third kappa shape index (κ3) is 2.16. The van der Waals surface area contributed by atoms with Crippen LogP contribution in [0.1, 0.15) is 0 Å². The van der Waals surface area contributed by atoms with E-state index in [9.17, 15) is 4.79 Å². The van der Waals surface area contributed by atoms with Crippen molar-refractivity contribution in [1.29, 1.82) is 0 Å². The number of aromatic nitrogens is 1. The molecule has 0 spiro atoms. The predicted molar refractivity (Wildman–Crippen MR) is 62.6 cm³/mol. The van der Waals surface area contributed by atoms with E-state index in [1.54, 1.807) is 23.2 Å². The van der Waals surface area contributed by atoms with Crippen molar-refractivity contribution in [2.45, 2.75) is 6.10 Å². The van der Waals surface area contributed by atoms with E-state index in [2.05, 4.69) is 4.98 Å². The summed E-state index contributed by atoms with van der Waals surface area (Å²) >= 11 is 0. The molecule has 0 aliphatic carbocycles. The van der Waals surface area contributed by atoms with E-state index < -0.39 is 0 Å². The highest BCUT2D eigenvalue weighted by Crippen LogP contribution is 2.29. The monoisotopic (exact) mass is 250 g/mol. The van der Waals surface area contributed by atoms with Crippen LogP contribution in [0.25, 0.3) is 0 Å². The lowest BCUT2D eigenvalue weighted by atomic mass is 10.2. The molecule has 1 aromatic rings. The molecule has 6 heteroatoms. The Bertz CT molecular complexity index is 445. The van der Waals surface area contributed by atoms with Gasteiger partial charge in [-0.1, -0.05) is 0 Å². The third-order valence-electron chi connectivity index (χ3n) is 2.93. The first-order valence-electron chi connectivity index (χ1n) is 5.92. The number of nitrogens with zero attached hydrogens (tertiary/aromatic N) is 2. The zero-order valence-electron chi connectivity index (χ0n) is 9.87. The van der Waals surface area contributed by atoms with Crippen LogP contribution in [0.3, 0.4) is 0 Å². The summed E-state index contributed by atoms with van der Waals surface area (Å²) in [4.78, 5) is 17.7. The highest BCUT2D eigenvalue weighted by Gasteiger charge is 2.29. The van der Waals surface area contributed by atoms with Gasteiger partial charge >= 0.3 is 0 Å². The van der Waals surface area contributed by atoms with Gasteiger partial charge in [-0.2, -0.15) is 0 Å². The van der Waals surface area contributed by atoms with Crippen LogP contribution in [0.15, 0.2) is 18.3 Å². The van der Waals surface area contributed by atoms with Gasteiger partial charge in [0.25, 0.3) is 5.91 Å². The number of hydrogen-bond donors (Lipinski definition) is 0. The first kappa shape index (κ1) is 11.4. The number of rotatable bonds is 2. The van der Waals surface area contributed by atoms with Crippen molar-refractivity contribution >= 4 is 11.7 Å². The van der Waals surface area contributed by atoms with Crippen molar-refractivity contribution in [2.75, 3.05) is 37.9 Å². The number of anilines is 1. The van der Waals surface area contributed by atoms with E-state index in [1.165, 1.54) is 0 Å². The first-order valence-corrected chi connectivity index (χ1v) is 5.92. The molecule has 3 heterocycles. The van der Waals surface area contributed by atoms with Gasteiger partial charge in [0, 0.05) is 6.20 Å². The summed E-state index contributed by atoms with van der Waals surface area (Å²) in [5.74, 6) is 1.09. The summed E-state index contributed by atoms with van der Waals surface area (Å²) in [6.07, 6.45) is 1.54. The highest BCUT2D eigenvalue weighted by molar-refractivity contribution is 5.96. The number of hydrogen-bond acceptors (Lipinski definition) is 5. The summed E-state index contributed by atoms with van der Waals surface area (Å²) in [6.45, 7) is 2.19. The Morgan fingerprint density at radius 3 is 3.22 bits per heavy atom. The summed E-state index contributed by atoms with van der Waals surface area (Å²) in [6, 6.07) is 3.59. The molecule has 96 valence electrons. The summed E-state index contributed by atoms with van der Waals surface area (Å²) < 4.78 is 16.2. The third-order valence-corrected chi connectivity index (χ3v) is 2.93. The van der Waals surface area contributed by atoms with Crippen molar-refractivity contribution in [1.82, 2.24) is 4.98 Å². The lowest BCUT2D eigenvalue weighted by Crippen LogP contribution is -2.46. The number of pyridine rings is 1. The smallest absolute Gasteiger partial charge is 0.266 e. The second-order valence-corrected chi connectivity index (χ2v) is 4.19. The van der Waals surface area contributed by atoms with Crippen LogP contribution in [0.4, 0.5) is 5.82 Å². The number of carbonyl (C=O) groups is 1. The van der Waals surface area contributed by atoms with Crippen molar-refractivity contribution in [2.24, 2.45) is 0 Å². The lowest BCUT2D eigenvalue weighted by molar-refractivity contribution is -0.123. The zero-order chi connectivity index (χ0) is 12.4. The minimum Gasteiger partial charge on any atom is -0.480 e. The van der Waals surface area contributed by atoms with Gasteiger partial charge in [0.15, 0.2) is 18.2 Å². The minimum absolute atomic E-state index is 0.0479. The average Bonchev–Trinajstić information content (AvgIpc) is 2.43. The molecule has 1 atom stereocenters. The van der Waals surface area contributed by atoms with Crippen LogP contribution in [-0.2, 0) is 14.3 Å². The molecular weight excluding hydrogens is 236 g/mol. The fourth-order valence-electron chi connectivity index (χ4n) is 2.07. The maximum absolute atomic E-state index is 11.9. The normalized spacial score (nSPS) is 23.4. The van der Waals surface area contributed by atoms with Crippen molar-refractivity contribution in [3.63, 3.8) is 0 Å². The van der Waals surface area contributed by atoms with Crippen molar-refractivity contribution < 1.29 is 19.0 Å². The number of carbonyl (C=O) groups excluding carboxylic acids is 1. The molecule has 0 saturated carbocycles. The average molecular weight is 250 g/mol. The number of amides is 1. The van der Waals surface area contributed by atoms with Crippen LogP contribution in [0.2, 0.25) is 0 Å². The van der Waals surface area contributed by atoms with E-state index in [-0.39, 0.29) is 18.6 Å². The maximum atomic E-state index is 11.9. The van der Waals surface area contributed by atoms with Crippen LogP contribution in [0.5, 0.6) is 5.75 Å². The second-order valence-electron chi connectivity index (χ2n) is 4.19. The summed E-state index contributed by atoms with van der Waals surface area (Å²) in [5, 5.41) is 0. The van der Waals surface area contributed by atoms with Gasteiger partial charge in [-0.3, -0.25) is 9.69 Å². The Morgan fingerprint density at radius 2 is 2.39 bits per heavy atom. The van der Waals surface area contributed by atoms with E-state index in [0.29, 0.717) is 37.9 Å². The largest absolute Gasteiger partial charge is 0.480 e. The van der Waals surface area contributed by atoms with Gasteiger partial charge in [-0.15, -0.1) is 0 Å². The van der Waals surface area contributed by atoms with Crippen LogP contribution >= 0.6 is 0 Å². The van der Waals surface area contributed by atoms with Crippen molar-refractivity contribution in [3.05, 3.63) is 18.3 Å². The fraction of sp³-hybridized carbons (Fsp3) is 0.500. The van der Waals surface area contributed by atoms with Crippen molar-refractivity contribution in [3.8, 4) is 5.75 Å². The van der Waals surface area contributed by atoms with Gasteiger partial charge in [0.05, 0.1) is 32.5 Å². The number of fused-ring (bicyclic) bond motifs is 1. The quantitative estimate of drug-likeness (QED) is 0.751. The summed E-state index contributed by atoms with van der Waals surface area (Å²) in [7, 11) is 0. The molecule has 1 aromatic heterocycles. The number of ether oxygens (including phenoxy) is 3. The lowest BCUT2D eigenvalue weighted by Gasteiger charge is -2.32. The fourth-order valence-corrected chi connectivity index (χ4v) is 2.07. The Labute approximate surface area is 104 Å². The van der Waals surface area contributed by atoms with E-state index in [4.69, 9.17) is 14.2 Å². The Morgan fingerprint density at radius 1 is 1.44 bits per heavy atom. The molecule has 1 amide bonds. The molecule has 2 aliphatic heterocycles. The van der Waals surface area contributed by atoms with Gasteiger partial charge in [-0.05, 0) is 12.1 Å². The molecule has 3 rings (SSSR count). The molecule has 1 unspecified atom stereocenters. The molecule has 2 aliphatic rings. The second kappa shape index (κ2) is 4.91. The highest BCUT2D eigenvalue weighted by atomic mass is 16.6. The molecule has 6 nitrogen and oxygen atoms in total. The predicted octanol–water partition coefficient (Wildman–Crippen LogP) is 0.222. The topological polar surface area (TPSA) is 60.9 Å². The van der Waals surface area contributed by atoms with Gasteiger partial charge in [0.1, 0.15) is 0 Å². The Balaban J connectivity index is 1.79. The minimum atomic E-state index is -0.102. The van der Waals surface area contributed by atoms with Crippen LogP contribution in [0, 0.1) is 0 Å². The molecule has 18 heavy (non-hydrogen) atoms. The molecular formula is C12H14N2O4. The molecule has 0 radical (unpaired) electrons. The van der Waals surface area contributed by atoms with Crippen LogP contribution in [-0.4, -0.2) is 50.0 Å². The van der Waals surface area contributed by atoms with Gasteiger partial charge < -0.3 is 14.2 Å². The van der Waals surface area contributed by atoms with Gasteiger partial charge in [0.2, 0.25) is 0 Å². The Kier molecular flexibility index (Phi) is 3.12. The van der Waals surface area contributed by atoms with E-state index in [1.807, 2.05) is 0 Å². The molecule has 0 N–H and O–H groups in total. The first-order chi connectivity index (χ1) is 8.84. The maximum Gasteiger partial charge on any atom is 0.266 e. The molecule has 1 fully saturated rings. The molecule has 1 saturated heterocycles. The van der Waals surface area contributed by atoms with Gasteiger partial charge in [-0.25, -0.2) is 4.98 Å². The summed E-state index contributed by atoms with van der Waals surface area (Å²) in [5.41, 5.74) is 0. The van der Waals surface area contributed by atoms with E-state index in [0.717, 1.165) is 0 Å². The molecule has 0 aromatic carbocycles. The standard InChI is InChI=1S/C12H14N2O4/c15-11-8-18-10-2-1-3-13-12(10)14(11)6-9-7-16-4-5-17-9/h1-3,9H,4-8H2. The van der Waals surface area contributed by atoms with Crippen LogP contribution < -0.4 is 9.64 Å². The van der Waals surface area contributed by atoms with E-state index >= 15 is 0 Å². The molecule has 0 bridgehead atoms. The SMILES string of the molecule is O=C1COc2cccnc2N1CC1COCCO1.